The molecule has 1 aromatic carbocycles. The zero-order chi connectivity index (χ0) is 15.0. The Hall–Kier alpha value is -1.68. The molecule has 0 bridgehead atoms. The minimum atomic E-state index is -1.06. The van der Waals surface area contributed by atoms with Crippen molar-refractivity contribution >= 4 is 12.0 Å². The van der Waals surface area contributed by atoms with E-state index in [1.165, 1.54) is 18.2 Å². The lowest BCUT2D eigenvalue weighted by Gasteiger charge is -2.11. The van der Waals surface area contributed by atoms with E-state index in [0.29, 0.717) is 30.3 Å². The van der Waals surface area contributed by atoms with Crippen molar-refractivity contribution in [2.24, 2.45) is 5.92 Å². The summed E-state index contributed by atoms with van der Waals surface area (Å²) in [5.74, 6) is -0.960. The van der Waals surface area contributed by atoms with Crippen LogP contribution in [0.3, 0.4) is 0 Å². The summed E-state index contributed by atoms with van der Waals surface area (Å²) in [4.78, 5) is 10.4. The first kappa shape index (κ1) is 16.4. The molecule has 1 atom stereocenters. The number of carbonyl (C=O) groups is 1. The Balaban J connectivity index is 2.59. The number of hydrogen-bond donors (Lipinski definition) is 1. The number of halogens is 1. The van der Waals surface area contributed by atoms with Gasteiger partial charge in [-0.1, -0.05) is 20.3 Å². The molecule has 1 N–H and O–H groups in total. The number of benzene rings is 1. The first-order chi connectivity index (χ1) is 9.51. The normalized spacial score (nSPS) is 12.8. The summed E-state index contributed by atoms with van der Waals surface area (Å²) in [5.41, 5.74) is 1.23. The van der Waals surface area contributed by atoms with E-state index in [1.807, 2.05) is 0 Å². The van der Waals surface area contributed by atoms with Gasteiger partial charge in [0.15, 0.2) is 0 Å². The minimum absolute atomic E-state index is 0.333. The lowest BCUT2D eigenvalue weighted by Crippen LogP contribution is -2.05. The van der Waals surface area contributed by atoms with Crippen LogP contribution in [0.15, 0.2) is 24.3 Å². The van der Waals surface area contributed by atoms with E-state index >= 15 is 0 Å². The molecule has 3 nitrogen and oxygen atoms in total. The molecule has 4 heteroatoms. The molecule has 110 valence electrons. The number of carboxylic acid groups (broad SMARTS) is 1. The Bertz CT molecular complexity index is 469. The molecule has 0 aliphatic carbocycles. The van der Waals surface area contributed by atoms with Gasteiger partial charge >= 0.3 is 5.97 Å². The van der Waals surface area contributed by atoms with Gasteiger partial charge in [-0.15, -0.1) is 0 Å². The third kappa shape index (κ3) is 6.48. The molecule has 0 radical (unpaired) electrons. The molecule has 0 saturated heterocycles. The molecule has 1 rings (SSSR count). The summed E-state index contributed by atoms with van der Waals surface area (Å²) in [7, 11) is 0. The maximum atomic E-state index is 13.4. The van der Waals surface area contributed by atoms with Crippen molar-refractivity contribution in [3.8, 4) is 0 Å². The average molecular weight is 280 g/mol. The van der Waals surface area contributed by atoms with Crippen LogP contribution in [0, 0.1) is 11.7 Å². The molecule has 0 fully saturated rings. The molecule has 0 aliphatic heterocycles. The van der Waals surface area contributed by atoms with Gasteiger partial charge in [-0.2, -0.15) is 0 Å². The van der Waals surface area contributed by atoms with Crippen molar-refractivity contribution < 1.29 is 19.0 Å². The second-order valence-electron chi connectivity index (χ2n) is 4.97. The molecule has 1 unspecified atom stereocenters. The van der Waals surface area contributed by atoms with Crippen molar-refractivity contribution in [3.63, 3.8) is 0 Å². The van der Waals surface area contributed by atoms with E-state index in [0.717, 1.165) is 18.9 Å². The Labute approximate surface area is 119 Å². The third-order valence-electron chi connectivity index (χ3n) is 2.85. The van der Waals surface area contributed by atoms with Crippen LogP contribution in [0.2, 0.25) is 0 Å². The van der Waals surface area contributed by atoms with Crippen LogP contribution < -0.4 is 0 Å². The number of hydrogen-bond acceptors (Lipinski definition) is 2. The fraction of sp³-hybridized carbons (Fsp3) is 0.438. The summed E-state index contributed by atoms with van der Waals surface area (Å²) >= 11 is 0. The maximum absolute atomic E-state index is 13.4. The number of ether oxygens (including phenoxy) is 1. The van der Waals surface area contributed by atoms with Gasteiger partial charge in [-0.3, -0.25) is 0 Å². The van der Waals surface area contributed by atoms with E-state index < -0.39 is 11.8 Å². The molecule has 1 aromatic rings. The third-order valence-corrected chi connectivity index (χ3v) is 2.85. The predicted octanol–water partition coefficient (Wildman–Crippen LogP) is 3.88. The van der Waals surface area contributed by atoms with Crippen LogP contribution in [-0.4, -0.2) is 17.7 Å². The lowest BCUT2D eigenvalue weighted by atomic mass is 10.1. The number of aliphatic carboxylic acids is 1. The van der Waals surface area contributed by atoms with Crippen molar-refractivity contribution in [3.05, 3.63) is 41.2 Å². The zero-order valence-electron chi connectivity index (χ0n) is 11.9. The molecule has 0 aliphatic rings. The van der Waals surface area contributed by atoms with Crippen LogP contribution >= 0.6 is 0 Å². The standard InChI is InChI=1S/C16H21FO3/c1-3-4-12(2)10-20-11-14-7-13(5-6-16(18)19)8-15(17)9-14/h5-9,12H,3-4,10-11H2,1-2H3,(H,18,19)/b6-5+. The largest absolute Gasteiger partial charge is 0.478 e. The van der Waals surface area contributed by atoms with E-state index in [-0.39, 0.29) is 0 Å². The topological polar surface area (TPSA) is 46.5 Å². The second-order valence-corrected chi connectivity index (χ2v) is 4.97. The summed E-state index contributed by atoms with van der Waals surface area (Å²) in [5, 5.41) is 8.56. The van der Waals surface area contributed by atoms with Gasteiger partial charge in [0, 0.05) is 12.7 Å². The fourth-order valence-electron chi connectivity index (χ4n) is 1.98. The predicted molar refractivity (Wildman–Crippen MR) is 76.8 cm³/mol. The quantitative estimate of drug-likeness (QED) is 0.735. The van der Waals surface area contributed by atoms with Gasteiger partial charge in [0.25, 0.3) is 0 Å². The highest BCUT2D eigenvalue weighted by Gasteiger charge is 2.03. The van der Waals surface area contributed by atoms with Gasteiger partial charge in [0.2, 0.25) is 0 Å². The van der Waals surface area contributed by atoms with Crippen LogP contribution in [0.4, 0.5) is 4.39 Å². The molecular formula is C16H21FO3. The summed E-state index contributed by atoms with van der Waals surface area (Å²) in [6.07, 6.45) is 4.59. The van der Waals surface area contributed by atoms with Gasteiger partial charge in [-0.05, 0) is 47.7 Å². The number of carboxylic acids is 1. The molecule has 0 saturated carbocycles. The fourth-order valence-corrected chi connectivity index (χ4v) is 1.98. The van der Waals surface area contributed by atoms with Crippen molar-refractivity contribution in [2.75, 3.05) is 6.61 Å². The van der Waals surface area contributed by atoms with Crippen LogP contribution in [-0.2, 0) is 16.1 Å². The molecule has 0 aromatic heterocycles. The maximum Gasteiger partial charge on any atom is 0.328 e. The van der Waals surface area contributed by atoms with Crippen molar-refractivity contribution in [2.45, 2.75) is 33.3 Å². The Morgan fingerprint density at radius 1 is 1.45 bits per heavy atom. The van der Waals surface area contributed by atoms with Crippen molar-refractivity contribution in [1.29, 1.82) is 0 Å². The van der Waals surface area contributed by atoms with Gasteiger partial charge < -0.3 is 9.84 Å². The number of rotatable bonds is 8. The molecule has 0 heterocycles. The van der Waals surface area contributed by atoms with Crippen LogP contribution in [0.1, 0.15) is 37.8 Å². The van der Waals surface area contributed by atoms with Gasteiger partial charge in [0.05, 0.1) is 6.61 Å². The highest BCUT2D eigenvalue weighted by molar-refractivity contribution is 5.85. The monoisotopic (exact) mass is 280 g/mol. The van der Waals surface area contributed by atoms with E-state index in [2.05, 4.69) is 13.8 Å². The highest BCUT2D eigenvalue weighted by Crippen LogP contribution is 2.13. The minimum Gasteiger partial charge on any atom is -0.478 e. The van der Waals surface area contributed by atoms with Crippen LogP contribution in [0.5, 0.6) is 0 Å². The van der Waals surface area contributed by atoms with Crippen LogP contribution in [0.25, 0.3) is 6.08 Å². The Morgan fingerprint density at radius 2 is 2.20 bits per heavy atom. The van der Waals surface area contributed by atoms with Gasteiger partial charge in [0.1, 0.15) is 5.82 Å². The average Bonchev–Trinajstić information content (AvgIpc) is 2.36. The molecule has 0 amide bonds. The second kappa shape index (κ2) is 8.48. The lowest BCUT2D eigenvalue weighted by molar-refractivity contribution is -0.131. The summed E-state index contributed by atoms with van der Waals surface area (Å²) in [6.45, 7) is 5.23. The smallest absolute Gasteiger partial charge is 0.328 e. The molecule has 0 spiro atoms. The first-order valence-corrected chi connectivity index (χ1v) is 6.79. The highest BCUT2D eigenvalue weighted by atomic mass is 19.1. The van der Waals surface area contributed by atoms with Gasteiger partial charge in [-0.25, -0.2) is 9.18 Å². The summed E-state index contributed by atoms with van der Waals surface area (Å²) < 4.78 is 19.0. The Kier molecular flexibility index (Phi) is 6.94. The van der Waals surface area contributed by atoms with Crippen molar-refractivity contribution in [1.82, 2.24) is 0 Å². The SMILES string of the molecule is CCCC(C)COCc1cc(F)cc(/C=C/C(=O)O)c1. The Morgan fingerprint density at radius 3 is 2.85 bits per heavy atom. The first-order valence-electron chi connectivity index (χ1n) is 6.79. The molecular weight excluding hydrogens is 259 g/mol. The summed E-state index contributed by atoms with van der Waals surface area (Å²) in [6, 6.07) is 4.43. The van der Waals surface area contributed by atoms with E-state index in [1.54, 1.807) is 6.07 Å². The van der Waals surface area contributed by atoms with E-state index in [4.69, 9.17) is 9.84 Å². The molecule has 20 heavy (non-hydrogen) atoms. The van der Waals surface area contributed by atoms with E-state index in [9.17, 15) is 9.18 Å². The zero-order valence-corrected chi connectivity index (χ0v) is 11.9.